The second-order valence-corrected chi connectivity index (χ2v) is 5.96. The van der Waals surface area contributed by atoms with Crippen molar-refractivity contribution in [3.8, 4) is 5.75 Å². The lowest BCUT2D eigenvalue weighted by molar-refractivity contribution is -0.121. The summed E-state index contributed by atoms with van der Waals surface area (Å²) in [5.74, 6) is 0.378. The summed E-state index contributed by atoms with van der Waals surface area (Å²) < 4.78 is 5.50. The third kappa shape index (κ3) is 5.06. The van der Waals surface area contributed by atoms with Crippen LogP contribution in [-0.4, -0.2) is 17.6 Å². The van der Waals surface area contributed by atoms with Crippen molar-refractivity contribution in [2.45, 2.75) is 27.2 Å². The summed E-state index contributed by atoms with van der Waals surface area (Å²) in [5, 5.41) is 5.95. The first-order chi connectivity index (χ1) is 11.5. The number of benzene rings is 2. The Morgan fingerprint density at radius 3 is 2.58 bits per heavy atom. The van der Waals surface area contributed by atoms with Crippen LogP contribution in [0.1, 0.15) is 23.6 Å². The minimum atomic E-state index is -0.292. The number of ether oxygens (including phenoxy) is 1. The highest BCUT2D eigenvalue weighted by molar-refractivity contribution is 7.80. The molecule has 0 heterocycles. The van der Waals surface area contributed by atoms with Gasteiger partial charge in [0.1, 0.15) is 5.75 Å². The number of carbonyl (C=O) groups is 1. The molecule has 0 radical (unpaired) electrons. The van der Waals surface area contributed by atoms with Crippen LogP contribution < -0.4 is 15.4 Å². The molecule has 0 fully saturated rings. The van der Waals surface area contributed by atoms with E-state index in [1.807, 2.05) is 56.3 Å². The van der Waals surface area contributed by atoms with Crippen LogP contribution in [0.3, 0.4) is 0 Å². The van der Waals surface area contributed by atoms with Gasteiger partial charge in [-0.25, -0.2) is 0 Å². The number of hydrogen-bond acceptors (Lipinski definition) is 3. The first-order valence-electron chi connectivity index (χ1n) is 7.88. The fourth-order valence-corrected chi connectivity index (χ4v) is 2.44. The van der Waals surface area contributed by atoms with E-state index >= 15 is 0 Å². The van der Waals surface area contributed by atoms with E-state index in [9.17, 15) is 4.79 Å². The molecule has 0 aliphatic rings. The van der Waals surface area contributed by atoms with E-state index in [2.05, 4.69) is 17.6 Å². The Labute approximate surface area is 148 Å². The van der Waals surface area contributed by atoms with E-state index in [0.29, 0.717) is 5.75 Å². The minimum absolute atomic E-state index is 0.0836. The van der Waals surface area contributed by atoms with Crippen LogP contribution in [0.5, 0.6) is 5.75 Å². The maximum atomic E-state index is 12.0. The molecule has 0 saturated heterocycles. The molecule has 0 bridgehead atoms. The standard InChI is InChI=1S/C19H22N2O2S/c1-4-15-7-5-6-8-17(15)20-19(24)21-18(22)12-23-16-10-9-13(2)14(3)11-16/h5-11H,4,12H2,1-3H3,(H2,20,21,22,24). The van der Waals surface area contributed by atoms with Crippen LogP contribution in [0.4, 0.5) is 5.69 Å². The molecule has 0 aliphatic heterocycles. The fraction of sp³-hybridized carbons (Fsp3) is 0.263. The zero-order valence-electron chi connectivity index (χ0n) is 14.2. The van der Waals surface area contributed by atoms with Crippen LogP contribution in [0.15, 0.2) is 42.5 Å². The van der Waals surface area contributed by atoms with Crippen LogP contribution in [0.25, 0.3) is 0 Å². The van der Waals surface area contributed by atoms with Gasteiger partial charge in [0.15, 0.2) is 11.7 Å². The number of hydrogen-bond donors (Lipinski definition) is 2. The molecule has 24 heavy (non-hydrogen) atoms. The van der Waals surface area contributed by atoms with Gasteiger partial charge in [-0.05, 0) is 67.4 Å². The summed E-state index contributed by atoms with van der Waals surface area (Å²) in [6, 6.07) is 13.6. The topological polar surface area (TPSA) is 50.4 Å². The van der Waals surface area contributed by atoms with Crippen LogP contribution in [0, 0.1) is 13.8 Å². The fourth-order valence-electron chi connectivity index (χ4n) is 2.22. The molecule has 1 amide bonds. The number of aryl methyl sites for hydroxylation is 3. The zero-order valence-corrected chi connectivity index (χ0v) is 15.0. The molecule has 0 spiro atoms. The molecule has 126 valence electrons. The summed E-state index contributed by atoms with van der Waals surface area (Å²) in [7, 11) is 0. The quantitative estimate of drug-likeness (QED) is 0.813. The van der Waals surface area contributed by atoms with Gasteiger partial charge >= 0.3 is 0 Å². The Bertz CT molecular complexity index is 744. The number of amides is 1. The Balaban J connectivity index is 1.85. The minimum Gasteiger partial charge on any atom is -0.484 e. The van der Waals surface area contributed by atoms with Gasteiger partial charge in [-0.1, -0.05) is 31.2 Å². The van der Waals surface area contributed by atoms with Crippen molar-refractivity contribution in [3.63, 3.8) is 0 Å². The molecule has 5 heteroatoms. The van der Waals surface area contributed by atoms with Gasteiger partial charge in [0.2, 0.25) is 0 Å². The monoisotopic (exact) mass is 342 g/mol. The predicted molar refractivity (Wildman–Crippen MR) is 102 cm³/mol. The molecule has 0 atom stereocenters. The zero-order chi connectivity index (χ0) is 17.5. The second-order valence-electron chi connectivity index (χ2n) is 5.55. The molecule has 4 nitrogen and oxygen atoms in total. The third-order valence-corrected chi connectivity index (χ3v) is 3.95. The normalized spacial score (nSPS) is 10.1. The van der Waals surface area contributed by atoms with Gasteiger partial charge in [0.05, 0.1) is 0 Å². The molecular weight excluding hydrogens is 320 g/mol. The van der Waals surface area contributed by atoms with Crippen molar-refractivity contribution in [1.82, 2.24) is 5.32 Å². The Morgan fingerprint density at radius 1 is 1.12 bits per heavy atom. The molecule has 0 saturated carbocycles. The first-order valence-corrected chi connectivity index (χ1v) is 8.29. The number of anilines is 1. The van der Waals surface area contributed by atoms with E-state index in [-0.39, 0.29) is 17.6 Å². The number of carbonyl (C=O) groups excluding carboxylic acids is 1. The Hall–Kier alpha value is -2.40. The lowest BCUT2D eigenvalue weighted by Gasteiger charge is -2.13. The SMILES string of the molecule is CCc1ccccc1NC(=S)NC(=O)COc1ccc(C)c(C)c1. The first kappa shape index (κ1) is 17.9. The van der Waals surface area contributed by atoms with Crippen molar-refractivity contribution in [1.29, 1.82) is 0 Å². The second kappa shape index (κ2) is 8.45. The van der Waals surface area contributed by atoms with Gasteiger partial charge in [0.25, 0.3) is 5.91 Å². The molecule has 2 N–H and O–H groups in total. The molecule has 2 rings (SSSR count). The Morgan fingerprint density at radius 2 is 1.88 bits per heavy atom. The van der Waals surface area contributed by atoms with E-state index in [1.165, 1.54) is 5.56 Å². The number of thiocarbonyl (C=S) groups is 1. The smallest absolute Gasteiger partial charge is 0.264 e. The maximum absolute atomic E-state index is 12.0. The van der Waals surface area contributed by atoms with Crippen LogP contribution >= 0.6 is 12.2 Å². The van der Waals surface area contributed by atoms with E-state index in [0.717, 1.165) is 23.2 Å². The molecule has 0 unspecified atom stereocenters. The van der Waals surface area contributed by atoms with E-state index in [4.69, 9.17) is 17.0 Å². The average Bonchev–Trinajstić information content (AvgIpc) is 2.56. The largest absolute Gasteiger partial charge is 0.484 e. The number of nitrogens with one attached hydrogen (secondary N) is 2. The van der Waals surface area contributed by atoms with Crippen LogP contribution in [0.2, 0.25) is 0 Å². The van der Waals surface area contributed by atoms with Gasteiger partial charge < -0.3 is 10.1 Å². The molecular formula is C19H22N2O2S. The van der Waals surface area contributed by atoms with Gasteiger partial charge in [-0.15, -0.1) is 0 Å². The van der Waals surface area contributed by atoms with Gasteiger partial charge in [-0.2, -0.15) is 0 Å². The number of rotatable bonds is 5. The van der Waals surface area contributed by atoms with Crippen molar-refractivity contribution >= 4 is 28.9 Å². The lowest BCUT2D eigenvalue weighted by Crippen LogP contribution is -2.37. The summed E-state index contributed by atoms with van der Waals surface area (Å²) in [6.45, 7) is 6.02. The van der Waals surface area contributed by atoms with Crippen molar-refractivity contribution in [2.24, 2.45) is 0 Å². The van der Waals surface area contributed by atoms with Gasteiger partial charge in [0, 0.05) is 5.69 Å². The average molecular weight is 342 g/mol. The van der Waals surface area contributed by atoms with Gasteiger partial charge in [-0.3, -0.25) is 10.1 Å². The highest BCUT2D eigenvalue weighted by atomic mass is 32.1. The molecule has 0 aliphatic carbocycles. The summed E-state index contributed by atoms with van der Waals surface area (Å²) >= 11 is 5.19. The maximum Gasteiger partial charge on any atom is 0.264 e. The summed E-state index contributed by atoms with van der Waals surface area (Å²) in [4.78, 5) is 12.0. The van der Waals surface area contributed by atoms with Crippen molar-refractivity contribution in [3.05, 3.63) is 59.2 Å². The third-order valence-electron chi connectivity index (χ3n) is 3.75. The molecule has 2 aromatic carbocycles. The number of para-hydroxylation sites is 1. The lowest BCUT2D eigenvalue weighted by atomic mass is 10.1. The van der Waals surface area contributed by atoms with E-state index in [1.54, 1.807) is 0 Å². The Kier molecular flexibility index (Phi) is 6.32. The van der Waals surface area contributed by atoms with E-state index < -0.39 is 0 Å². The summed E-state index contributed by atoms with van der Waals surface area (Å²) in [5.41, 5.74) is 4.36. The van der Waals surface area contributed by atoms with Crippen LogP contribution in [-0.2, 0) is 11.2 Å². The highest BCUT2D eigenvalue weighted by Gasteiger charge is 2.08. The predicted octanol–water partition coefficient (Wildman–Crippen LogP) is 3.76. The highest BCUT2D eigenvalue weighted by Crippen LogP contribution is 2.16. The van der Waals surface area contributed by atoms with Crippen molar-refractivity contribution < 1.29 is 9.53 Å². The molecule has 2 aromatic rings. The summed E-state index contributed by atoms with van der Waals surface area (Å²) in [6.07, 6.45) is 0.885. The van der Waals surface area contributed by atoms with Crippen molar-refractivity contribution in [2.75, 3.05) is 11.9 Å². The molecule has 0 aromatic heterocycles.